The van der Waals surface area contributed by atoms with Crippen molar-refractivity contribution in [3.8, 4) is 0 Å². The van der Waals surface area contributed by atoms with Crippen molar-refractivity contribution in [2.75, 3.05) is 0 Å². The summed E-state index contributed by atoms with van der Waals surface area (Å²) in [6, 6.07) is -0.00437. The lowest BCUT2D eigenvalue weighted by molar-refractivity contribution is -0.275. The molecular formula is C9H16F3NO. The van der Waals surface area contributed by atoms with E-state index in [1.165, 1.54) is 0 Å². The third-order valence-corrected chi connectivity index (χ3v) is 3.14. The fourth-order valence-corrected chi connectivity index (χ4v) is 1.91. The Balaban J connectivity index is 2.65. The van der Waals surface area contributed by atoms with Crippen molar-refractivity contribution in [2.24, 2.45) is 11.7 Å². The molecule has 14 heavy (non-hydrogen) atoms. The van der Waals surface area contributed by atoms with Crippen LogP contribution in [0.2, 0.25) is 0 Å². The van der Waals surface area contributed by atoms with E-state index < -0.39 is 17.7 Å². The zero-order valence-corrected chi connectivity index (χ0v) is 8.14. The first kappa shape index (κ1) is 11.8. The van der Waals surface area contributed by atoms with Gasteiger partial charge in [-0.15, -0.1) is 0 Å². The Labute approximate surface area is 81.3 Å². The number of hydrogen-bond donors (Lipinski definition) is 2. The lowest BCUT2D eigenvalue weighted by Gasteiger charge is -2.38. The van der Waals surface area contributed by atoms with Crippen molar-refractivity contribution >= 4 is 0 Å². The van der Waals surface area contributed by atoms with Crippen molar-refractivity contribution in [2.45, 2.75) is 50.4 Å². The van der Waals surface area contributed by atoms with Crippen LogP contribution >= 0.6 is 0 Å². The summed E-state index contributed by atoms with van der Waals surface area (Å²) in [6.45, 7) is 0.856. The Kier molecular flexibility index (Phi) is 3.11. The van der Waals surface area contributed by atoms with Crippen molar-refractivity contribution in [1.29, 1.82) is 0 Å². The minimum Gasteiger partial charge on any atom is -0.380 e. The van der Waals surface area contributed by atoms with Crippen LogP contribution in [0.3, 0.4) is 0 Å². The summed E-state index contributed by atoms with van der Waals surface area (Å²) in [5.74, 6) is -0.706. The number of hydrogen-bond acceptors (Lipinski definition) is 2. The normalized spacial score (nSPS) is 33.9. The highest BCUT2D eigenvalue weighted by Crippen LogP contribution is 2.42. The molecule has 5 heteroatoms. The Morgan fingerprint density at radius 3 is 1.93 bits per heavy atom. The van der Waals surface area contributed by atoms with Gasteiger partial charge in [0.2, 0.25) is 0 Å². The van der Waals surface area contributed by atoms with E-state index in [1.54, 1.807) is 0 Å². The van der Waals surface area contributed by atoms with E-state index in [4.69, 9.17) is 5.73 Å². The van der Waals surface area contributed by atoms with E-state index in [2.05, 4.69) is 0 Å². The van der Waals surface area contributed by atoms with Crippen LogP contribution in [0.1, 0.15) is 32.6 Å². The van der Waals surface area contributed by atoms with Crippen molar-refractivity contribution in [1.82, 2.24) is 0 Å². The number of halogens is 3. The molecule has 0 saturated heterocycles. The molecule has 1 fully saturated rings. The monoisotopic (exact) mass is 211 g/mol. The zero-order chi connectivity index (χ0) is 11.0. The van der Waals surface area contributed by atoms with Crippen LogP contribution in [0.25, 0.3) is 0 Å². The van der Waals surface area contributed by atoms with Gasteiger partial charge in [-0.1, -0.05) is 0 Å². The Hall–Kier alpha value is -0.290. The summed E-state index contributed by atoms with van der Waals surface area (Å²) in [5, 5.41) is 9.40. The molecule has 0 aromatic heterocycles. The van der Waals surface area contributed by atoms with Gasteiger partial charge in [0.15, 0.2) is 5.60 Å². The van der Waals surface area contributed by atoms with Gasteiger partial charge >= 0.3 is 6.18 Å². The zero-order valence-electron chi connectivity index (χ0n) is 8.14. The number of nitrogens with two attached hydrogens (primary N) is 1. The molecule has 0 spiro atoms. The molecule has 0 radical (unpaired) electrons. The van der Waals surface area contributed by atoms with Crippen LogP contribution in [-0.2, 0) is 0 Å². The maximum absolute atomic E-state index is 12.4. The van der Waals surface area contributed by atoms with Gasteiger partial charge in [0.1, 0.15) is 0 Å². The van der Waals surface area contributed by atoms with Crippen LogP contribution in [0, 0.1) is 5.92 Å². The number of rotatable bonds is 1. The molecule has 0 heterocycles. The molecule has 0 aromatic carbocycles. The first-order valence-corrected chi connectivity index (χ1v) is 4.80. The first-order valence-electron chi connectivity index (χ1n) is 4.80. The lowest BCUT2D eigenvalue weighted by atomic mass is 9.76. The summed E-state index contributed by atoms with van der Waals surface area (Å²) in [7, 11) is 0. The second-order valence-corrected chi connectivity index (χ2v) is 4.26. The fraction of sp³-hybridized carbons (Fsp3) is 1.00. The second kappa shape index (κ2) is 3.70. The molecule has 1 atom stereocenters. The van der Waals surface area contributed by atoms with Gasteiger partial charge in [0.05, 0.1) is 0 Å². The van der Waals surface area contributed by atoms with Gasteiger partial charge in [-0.2, -0.15) is 13.2 Å². The van der Waals surface area contributed by atoms with E-state index in [1.807, 2.05) is 0 Å². The minimum absolute atomic E-state index is 0.00437. The summed E-state index contributed by atoms with van der Waals surface area (Å²) < 4.78 is 37.3. The average molecular weight is 211 g/mol. The molecule has 0 aromatic rings. The SMILES string of the molecule is CC(O)(C1CCC(N)CC1)C(F)(F)F. The predicted molar refractivity (Wildman–Crippen MR) is 46.6 cm³/mol. The smallest absolute Gasteiger partial charge is 0.380 e. The summed E-state index contributed by atoms with van der Waals surface area (Å²) >= 11 is 0. The molecule has 0 aliphatic heterocycles. The van der Waals surface area contributed by atoms with Crippen LogP contribution in [0.5, 0.6) is 0 Å². The van der Waals surface area contributed by atoms with Crippen LogP contribution in [0.15, 0.2) is 0 Å². The van der Waals surface area contributed by atoms with Crippen LogP contribution in [-0.4, -0.2) is 22.9 Å². The molecule has 1 rings (SSSR count). The number of aliphatic hydroxyl groups is 1. The first-order chi connectivity index (χ1) is 6.25. The average Bonchev–Trinajstić information content (AvgIpc) is 2.03. The van der Waals surface area contributed by atoms with Gasteiger partial charge in [-0.05, 0) is 38.5 Å². The fourth-order valence-electron chi connectivity index (χ4n) is 1.91. The quantitative estimate of drug-likeness (QED) is 0.695. The Morgan fingerprint density at radius 1 is 1.14 bits per heavy atom. The maximum atomic E-state index is 12.4. The van der Waals surface area contributed by atoms with Crippen molar-refractivity contribution < 1.29 is 18.3 Å². The molecule has 0 amide bonds. The van der Waals surface area contributed by atoms with E-state index >= 15 is 0 Å². The molecular weight excluding hydrogens is 195 g/mol. The molecule has 84 valence electrons. The van der Waals surface area contributed by atoms with Gasteiger partial charge in [0, 0.05) is 6.04 Å². The largest absolute Gasteiger partial charge is 0.417 e. The van der Waals surface area contributed by atoms with Crippen molar-refractivity contribution in [3.05, 3.63) is 0 Å². The van der Waals surface area contributed by atoms with E-state index in [0.29, 0.717) is 25.7 Å². The summed E-state index contributed by atoms with van der Waals surface area (Å²) in [6.07, 6.45) is -2.70. The van der Waals surface area contributed by atoms with E-state index in [0.717, 1.165) is 6.92 Å². The summed E-state index contributed by atoms with van der Waals surface area (Å²) in [5.41, 5.74) is 3.02. The highest BCUT2D eigenvalue weighted by molar-refractivity contribution is 4.92. The molecule has 1 unspecified atom stereocenters. The van der Waals surface area contributed by atoms with Gasteiger partial charge in [-0.3, -0.25) is 0 Å². The van der Waals surface area contributed by atoms with Gasteiger partial charge < -0.3 is 10.8 Å². The topological polar surface area (TPSA) is 46.2 Å². The molecule has 2 nitrogen and oxygen atoms in total. The van der Waals surface area contributed by atoms with Gasteiger partial charge in [-0.25, -0.2) is 0 Å². The highest BCUT2D eigenvalue weighted by atomic mass is 19.4. The Morgan fingerprint density at radius 2 is 1.57 bits per heavy atom. The molecule has 1 saturated carbocycles. The highest BCUT2D eigenvalue weighted by Gasteiger charge is 2.54. The second-order valence-electron chi connectivity index (χ2n) is 4.26. The molecule has 1 aliphatic rings. The lowest BCUT2D eigenvalue weighted by Crippen LogP contribution is -2.50. The molecule has 3 N–H and O–H groups in total. The van der Waals surface area contributed by atoms with Crippen LogP contribution in [0.4, 0.5) is 13.2 Å². The van der Waals surface area contributed by atoms with Gasteiger partial charge in [0.25, 0.3) is 0 Å². The standard InChI is InChI=1S/C9H16F3NO/c1-8(14,9(10,11)12)6-2-4-7(13)5-3-6/h6-7,14H,2-5,13H2,1H3. The predicted octanol–water partition coefficient (Wildman–Crippen LogP) is 1.82. The van der Waals surface area contributed by atoms with Crippen LogP contribution < -0.4 is 5.73 Å². The molecule has 0 bridgehead atoms. The van der Waals surface area contributed by atoms with E-state index in [9.17, 15) is 18.3 Å². The van der Waals surface area contributed by atoms with Crippen molar-refractivity contribution in [3.63, 3.8) is 0 Å². The molecule has 1 aliphatic carbocycles. The number of alkyl halides is 3. The maximum Gasteiger partial charge on any atom is 0.417 e. The third-order valence-electron chi connectivity index (χ3n) is 3.14. The minimum atomic E-state index is -4.54. The Bertz CT molecular complexity index is 195. The van der Waals surface area contributed by atoms with E-state index in [-0.39, 0.29) is 6.04 Å². The summed E-state index contributed by atoms with van der Waals surface area (Å²) in [4.78, 5) is 0. The third kappa shape index (κ3) is 2.20.